The zero-order valence-corrected chi connectivity index (χ0v) is 8.66. The van der Waals surface area contributed by atoms with Gasteiger partial charge in [0.2, 0.25) is 0 Å². The summed E-state index contributed by atoms with van der Waals surface area (Å²) in [5, 5.41) is 0. The highest BCUT2D eigenvalue weighted by atomic mass is 14.0. The molecule has 72 valence electrons. The number of allylic oxidation sites excluding steroid dienone is 4. The van der Waals surface area contributed by atoms with Crippen molar-refractivity contribution in [2.75, 3.05) is 0 Å². The van der Waals surface area contributed by atoms with Crippen molar-refractivity contribution >= 4 is 5.57 Å². The fourth-order valence-corrected chi connectivity index (χ4v) is 1.34. The molecule has 14 heavy (non-hydrogen) atoms. The lowest BCUT2D eigenvalue weighted by Gasteiger charge is -2.05. The fourth-order valence-electron chi connectivity index (χ4n) is 1.34. The lowest BCUT2D eigenvalue weighted by Crippen LogP contribution is -1.83. The summed E-state index contributed by atoms with van der Waals surface area (Å²) >= 11 is 0. The van der Waals surface area contributed by atoms with Crippen LogP contribution < -0.4 is 0 Å². The van der Waals surface area contributed by atoms with Gasteiger partial charge >= 0.3 is 0 Å². The van der Waals surface area contributed by atoms with Gasteiger partial charge in [-0.1, -0.05) is 61.2 Å². The third kappa shape index (κ3) is 3.06. The van der Waals surface area contributed by atoms with Crippen LogP contribution in [0.4, 0.5) is 0 Å². The molecule has 1 aromatic rings. The summed E-state index contributed by atoms with van der Waals surface area (Å²) in [6.45, 7) is 10.0. The normalized spacial score (nSPS) is 10.4. The fraction of sp³-hybridized carbons (Fsp3) is 0.143. The highest BCUT2D eigenvalue weighted by Crippen LogP contribution is 2.19. The summed E-state index contributed by atoms with van der Waals surface area (Å²) in [6, 6.07) is 10.2. The van der Waals surface area contributed by atoms with E-state index >= 15 is 0 Å². The van der Waals surface area contributed by atoms with Gasteiger partial charge in [0.05, 0.1) is 0 Å². The van der Waals surface area contributed by atoms with E-state index in [0.717, 1.165) is 17.6 Å². The van der Waals surface area contributed by atoms with Gasteiger partial charge in [-0.05, 0) is 24.5 Å². The first-order chi connectivity index (χ1) is 6.74. The summed E-state index contributed by atoms with van der Waals surface area (Å²) in [5.41, 5.74) is 3.41. The Bertz CT molecular complexity index is 342. The van der Waals surface area contributed by atoms with Gasteiger partial charge in [-0.3, -0.25) is 0 Å². The maximum Gasteiger partial charge on any atom is -0.00317 e. The minimum Gasteiger partial charge on any atom is -0.0955 e. The third-order valence-electron chi connectivity index (χ3n) is 2.02. The number of hydrogen-bond donors (Lipinski definition) is 0. The van der Waals surface area contributed by atoms with Crippen molar-refractivity contribution < 1.29 is 0 Å². The van der Waals surface area contributed by atoms with Crippen LogP contribution in [0.2, 0.25) is 0 Å². The van der Waals surface area contributed by atoms with Crippen LogP contribution in [-0.4, -0.2) is 0 Å². The highest BCUT2D eigenvalue weighted by molar-refractivity contribution is 5.65. The summed E-state index contributed by atoms with van der Waals surface area (Å²) in [4.78, 5) is 0. The van der Waals surface area contributed by atoms with E-state index in [4.69, 9.17) is 0 Å². The van der Waals surface area contributed by atoms with Crippen LogP contribution in [-0.2, 0) is 0 Å². The van der Waals surface area contributed by atoms with E-state index in [9.17, 15) is 0 Å². The van der Waals surface area contributed by atoms with E-state index in [1.165, 1.54) is 5.56 Å². The molecule has 0 amide bonds. The summed E-state index contributed by atoms with van der Waals surface area (Å²) in [5.74, 6) is 0. The van der Waals surface area contributed by atoms with E-state index in [2.05, 4.69) is 25.3 Å². The minimum atomic E-state index is 0.842. The van der Waals surface area contributed by atoms with Crippen molar-refractivity contribution in [3.8, 4) is 0 Å². The Hall–Kier alpha value is -1.56. The third-order valence-corrected chi connectivity index (χ3v) is 2.02. The molecule has 1 rings (SSSR count). The molecule has 1 aromatic carbocycles. The van der Waals surface area contributed by atoms with Crippen molar-refractivity contribution in [2.24, 2.45) is 0 Å². The molecule has 0 heteroatoms. The van der Waals surface area contributed by atoms with Crippen LogP contribution in [0.5, 0.6) is 0 Å². The topological polar surface area (TPSA) is 0 Å². The van der Waals surface area contributed by atoms with E-state index < -0.39 is 0 Å². The molecule has 0 heterocycles. The predicted molar refractivity (Wildman–Crippen MR) is 64.0 cm³/mol. The van der Waals surface area contributed by atoms with Gasteiger partial charge in [0, 0.05) is 0 Å². The van der Waals surface area contributed by atoms with E-state index in [0.29, 0.717) is 0 Å². The first-order valence-electron chi connectivity index (χ1n) is 4.77. The first-order valence-corrected chi connectivity index (χ1v) is 4.77. The SMILES string of the molecule is C=C(C=CC)CC(=C)c1ccccc1. The largest absolute Gasteiger partial charge is 0.0955 e. The average molecular weight is 184 g/mol. The molecule has 0 bridgehead atoms. The van der Waals surface area contributed by atoms with Gasteiger partial charge in [0.1, 0.15) is 0 Å². The van der Waals surface area contributed by atoms with Crippen LogP contribution >= 0.6 is 0 Å². The Morgan fingerprint density at radius 1 is 1.21 bits per heavy atom. The molecule has 0 atom stereocenters. The molecule has 0 fully saturated rings. The Morgan fingerprint density at radius 3 is 2.43 bits per heavy atom. The zero-order chi connectivity index (χ0) is 10.4. The molecule has 0 unspecified atom stereocenters. The lowest BCUT2D eigenvalue weighted by atomic mass is 10.0. The molecule has 0 N–H and O–H groups in total. The minimum absolute atomic E-state index is 0.842. The maximum atomic E-state index is 4.05. The molecular weight excluding hydrogens is 168 g/mol. The molecule has 0 aliphatic carbocycles. The second kappa shape index (κ2) is 5.23. The van der Waals surface area contributed by atoms with Gasteiger partial charge < -0.3 is 0 Å². The van der Waals surface area contributed by atoms with Crippen molar-refractivity contribution in [1.82, 2.24) is 0 Å². The predicted octanol–water partition coefficient (Wildman–Crippen LogP) is 4.22. The number of benzene rings is 1. The number of hydrogen-bond acceptors (Lipinski definition) is 0. The monoisotopic (exact) mass is 184 g/mol. The standard InChI is InChI=1S/C14H16/c1-4-8-12(2)11-13(3)14-9-6-5-7-10-14/h4-10H,2-3,11H2,1H3. The Balaban J connectivity index is 2.64. The van der Waals surface area contributed by atoms with Crippen LogP contribution in [0.1, 0.15) is 18.9 Å². The van der Waals surface area contributed by atoms with Crippen LogP contribution in [0.15, 0.2) is 61.2 Å². The van der Waals surface area contributed by atoms with Crippen LogP contribution in [0.25, 0.3) is 5.57 Å². The van der Waals surface area contributed by atoms with Gasteiger partial charge in [-0.25, -0.2) is 0 Å². The van der Waals surface area contributed by atoms with Gasteiger partial charge in [0.25, 0.3) is 0 Å². The average Bonchev–Trinajstić information content (AvgIpc) is 2.19. The van der Waals surface area contributed by atoms with Crippen LogP contribution in [0.3, 0.4) is 0 Å². The number of rotatable bonds is 4. The molecule has 0 spiro atoms. The first kappa shape index (κ1) is 10.5. The molecule has 0 saturated carbocycles. The van der Waals surface area contributed by atoms with Crippen molar-refractivity contribution in [2.45, 2.75) is 13.3 Å². The second-order valence-electron chi connectivity index (χ2n) is 3.30. The zero-order valence-electron chi connectivity index (χ0n) is 8.66. The highest BCUT2D eigenvalue weighted by Gasteiger charge is 1.98. The van der Waals surface area contributed by atoms with Crippen molar-refractivity contribution in [1.29, 1.82) is 0 Å². The summed E-state index contributed by atoms with van der Waals surface area (Å²) in [7, 11) is 0. The molecule has 0 saturated heterocycles. The van der Waals surface area contributed by atoms with Crippen molar-refractivity contribution in [3.05, 3.63) is 66.8 Å². The van der Waals surface area contributed by atoms with Gasteiger partial charge in [0.15, 0.2) is 0 Å². The smallest absolute Gasteiger partial charge is 0.00317 e. The Morgan fingerprint density at radius 2 is 1.86 bits per heavy atom. The quantitative estimate of drug-likeness (QED) is 0.614. The molecular formula is C14H16. The van der Waals surface area contributed by atoms with E-state index in [1.54, 1.807) is 0 Å². The molecule has 0 nitrogen and oxygen atoms in total. The summed E-state index contributed by atoms with van der Waals surface area (Å²) < 4.78 is 0. The molecule has 0 aromatic heterocycles. The van der Waals surface area contributed by atoms with E-state index in [-0.39, 0.29) is 0 Å². The molecule has 0 radical (unpaired) electrons. The maximum absolute atomic E-state index is 4.05. The Kier molecular flexibility index (Phi) is 3.93. The molecule has 0 aliphatic rings. The van der Waals surface area contributed by atoms with Crippen molar-refractivity contribution in [3.63, 3.8) is 0 Å². The van der Waals surface area contributed by atoms with Gasteiger partial charge in [-0.15, -0.1) is 0 Å². The molecule has 0 aliphatic heterocycles. The Labute approximate surface area is 86.3 Å². The van der Waals surface area contributed by atoms with E-state index in [1.807, 2.05) is 37.3 Å². The van der Waals surface area contributed by atoms with Crippen LogP contribution in [0, 0.1) is 0 Å². The van der Waals surface area contributed by atoms with Gasteiger partial charge in [-0.2, -0.15) is 0 Å². The second-order valence-corrected chi connectivity index (χ2v) is 3.30. The lowest BCUT2D eigenvalue weighted by molar-refractivity contribution is 1.31. The summed E-state index contributed by atoms with van der Waals surface area (Å²) in [6.07, 6.45) is 4.86.